The Hall–Kier alpha value is -2.88. The Labute approximate surface area is 243 Å². The van der Waals surface area contributed by atoms with E-state index in [2.05, 4.69) is 10.6 Å². The molecule has 2 fully saturated rings. The number of rotatable bonds is 9. The van der Waals surface area contributed by atoms with E-state index in [0.717, 1.165) is 50.7 Å². The molecular formula is C30H35ClN4O4S. The molecule has 3 aromatic rings. The highest BCUT2D eigenvalue weighted by molar-refractivity contribution is 7.99. The number of aromatic nitrogens is 2. The van der Waals surface area contributed by atoms with Crippen molar-refractivity contribution in [3.63, 3.8) is 0 Å². The molecule has 2 N–H and O–H groups in total. The highest BCUT2D eigenvalue weighted by Gasteiger charge is 2.28. The van der Waals surface area contributed by atoms with Gasteiger partial charge in [0.1, 0.15) is 0 Å². The molecule has 1 atom stereocenters. The summed E-state index contributed by atoms with van der Waals surface area (Å²) in [7, 11) is 0. The van der Waals surface area contributed by atoms with Crippen LogP contribution in [0.2, 0.25) is 5.02 Å². The van der Waals surface area contributed by atoms with E-state index in [1.807, 2.05) is 37.3 Å². The van der Waals surface area contributed by atoms with Crippen LogP contribution in [0.1, 0.15) is 44.1 Å². The predicted octanol–water partition coefficient (Wildman–Crippen LogP) is 5.19. The number of hydrogen-bond donors (Lipinski definition) is 2. The monoisotopic (exact) mass is 582 g/mol. The van der Waals surface area contributed by atoms with Gasteiger partial charge in [-0.05, 0) is 81.2 Å². The van der Waals surface area contributed by atoms with Gasteiger partial charge in [0.25, 0.3) is 5.56 Å². The maximum absolute atomic E-state index is 13.5. The Morgan fingerprint density at radius 2 is 1.93 bits per heavy atom. The van der Waals surface area contributed by atoms with Gasteiger partial charge in [0.05, 0.1) is 22.8 Å². The lowest BCUT2D eigenvalue weighted by Gasteiger charge is -2.29. The summed E-state index contributed by atoms with van der Waals surface area (Å²) in [5.41, 5.74) is 2.08. The molecule has 2 aliphatic rings. The van der Waals surface area contributed by atoms with Crippen molar-refractivity contribution < 1.29 is 14.3 Å². The van der Waals surface area contributed by atoms with Gasteiger partial charge in [0.2, 0.25) is 11.8 Å². The van der Waals surface area contributed by atoms with Crippen LogP contribution in [0, 0.1) is 18.8 Å². The third-order valence-corrected chi connectivity index (χ3v) is 9.18. The average molecular weight is 583 g/mol. The second kappa shape index (κ2) is 13.2. The fraction of sp³-hybridized carbons (Fsp3) is 0.467. The number of halogens is 1. The van der Waals surface area contributed by atoms with Crippen LogP contribution >= 0.6 is 23.4 Å². The molecule has 0 bridgehead atoms. The molecule has 1 aliphatic heterocycles. The number of para-hydroxylation sites is 1. The van der Waals surface area contributed by atoms with Crippen molar-refractivity contribution in [2.24, 2.45) is 11.8 Å². The molecule has 0 unspecified atom stereocenters. The van der Waals surface area contributed by atoms with E-state index in [1.54, 1.807) is 16.7 Å². The van der Waals surface area contributed by atoms with Crippen LogP contribution < -0.4 is 16.2 Å². The van der Waals surface area contributed by atoms with E-state index >= 15 is 0 Å². The summed E-state index contributed by atoms with van der Waals surface area (Å²) in [6.45, 7) is 3.78. The zero-order chi connectivity index (χ0) is 28.1. The van der Waals surface area contributed by atoms with Crippen molar-refractivity contribution in [1.82, 2.24) is 14.9 Å². The third-order valence-electron chi connectivity index (χ3n) is 7.80. The molecule has 1 saturated heterocycles. The van der Waals surface area contributed by atoms with Crippen LogP contribution in [0.4, 0.5) is 5.69 Å². The fourth-order valence-corrected chi connectivity index (χ4v) is 6.44. The smallest absolute Gasteiger partial charge is 0.262 e. The van der Waals surface area contributed by atoms with Crippen LogP contribution in [0.3, 0.4) is 0 Å². The van der Waals surface area contributed by atoms with E-state index in [0.29, 0.717) is 39.9 Å². The Kier molecular flexibility index (Phi) is 9.44. The minimum absolute atomic E-state index is 0.00285. The maximum atomic E-state index is 13.5. The molecule has 40 heavy (non-hydrogen) atoms. The van der Waals surface area contributed by atoms with Crippen molar-refractivity contribution in [3.8, 4) is 0 Å². The van der Waals surface area contributed by atoms with E-state index in [4.69, 9.17) is 21.3 Å². The number of nitrogens with one attached hydrogen (secondary N) is 2. The quantitative estimate of drug-likeness (QED) is 0.266. The van der Waals surface area contributed by atoms with Crippen molar-refractivity contribution in [3.05, 3.63) is 63.4 Å². The first kappa shape index (κ1) is 28.6. The largest absolute Gasteiger partial charge is 0.376 e. The number of fused-ring (bicyclic) bond motifs is 1. The number of aryl methyl sites for hydroxylation is 1. The van der Waals surface area contributed by atoms with Crippen LogP contribution in [-0.4, -0.2) is 46.4 Å². The third kappa shape index (κ3) is 7.06. The van der Waals surface area contributed by atoms with Crippen LogP contribution in [-0.2, 0) is 20.9 Å². The number of ether oxygens (including phenoxy) is 1. The molecule has 10 heteroatoms. The first-order valence-corrected chi connectivity index (χ1v) is 15.3. The molecule has 2 heterocycles. The number of thioether (sulfide) groups is 1. The average Bonchev–Trinajstić information content (AvgIpc) is 3.48. The van der Waals surface area contributed by atoms with E-state index < -0.39 is 0 Å². The lowest BCUT2D eigenvalue weighted by atomic mass is 9.81. The van der Waals surface area contributed by atoms with Gasteiger partial charge in [-0.15, -0.1) is 0 Å². The van der Waals surface area contributed by atoms with Gasteiger partial charge in [-0.2, -0.15) is 0 Å². The molecule has 2 amide bonds. The minimum Gasteiger partial charge on any atom is -0.376 e. The zero-order valence-corrected chi connectivity index (χ0v) is 24.2. The van der Waals surface area contributed by atoms with Crippen LogP contribution in [0.25, 0.3) is 10.9 Å². The molecule has 212 valence electrons. The van der Waals surface area contributed by atoms with Gasteiger partial charge in [-0.25, -0.2) is 4.98 Å². The van der Waals surface area contributed by atoms with Gasteiger partial charge in [0, 0.05) is 36.3 Å². The topological polar surface area (TPSA) is 102 Å². The van der Waals surface area contributed by atoms with E-state index in [9.17, 15) is 14.4 Å². The van der Waals surface area contributed by atoms with E-state index in [-0.39, 0.29) is 41.1 Å². The second-order valence-corrected chi connectivity index (χ2v) is 12.1. The molecule has 2 aromatic carbocycles. The number of amides is 2. The number of carbonyl (C=O) groups excluding carboxylic acids is 2. The molecule has 0 spiro atoms. The van der Waals surface area contributed by atoms with Crippen molar-refractivity contribution in [2.75, 3.05) is 24.2 Å². The van der Waals surface area contributed by atoms with Crippen LogP contribution in [0.15, 0.2) is 52.4 Å². The van der Waals surface area contributed by atoms with E-state index in [1.165, 1.54) is 11.8 Å². The first-order valence-electron chi connectivity index (χ1n) is 13.9. The summed E-state index contributed by atoms with van der Waals surface area (Å²) in [5, 5.41) is 7.62. The number of hydrogen-bond acceptors (Lipinski definition) is 6. The number of anilines is 1. The van der Waals surface area contributed by atoms with Crippen molar-refractivity contribution in [1.29, 1.82) is 0 Å². The molecule has 5 rings (SSSR count). The van der Waals surface area contributed by atoms with Crippen molar-refractivity contribution >= 4 is 51.8 Å². The highest BCUT2D eigenvalue weighted by Crippen LogP contribution is 2.31. The standard InChI is InChI=1S/C30H35ClN4O4S/c1-19-8-13-22(15-25(19)31)33-27(36)18-40-30-34-26-7-3-2-6-24(26)29(38)35(30)17-20-9-11-21(12-10-20)28(37)32-16-23-5-4-14-39-23/h2-3,6-8,13,15,20-21,23H,4-5,9-12,14,16-18H2,1H3,(H,32,37)(H,33,36)/t20?,21?,23-/m1/s1. The van der Waals surface area contributed by atoms with Gasteiger partial charge >= 0.3 is 0 Å². The number of nitrogens with zero attached hydrogens (tertiary/aromatic N) is 2. The maximum Gasteiger partial charge on any atom is 0.262 e. The summed E-state index contributed by atoms with van der Waals surface area (Å²) in [4.78, 5) is 43.7. The summed E-state index contributed by atoms with van der Waals surface area (Å²) >= 11 is 7.45. The SMILES string of the molecule is Cc1ccc(NC(=O)CSc2nc3ccccc3c(=O)n2CC2CCC(C(=O)NC[C@H]3CCCO3)CC2)cc1Cl. The summed E-state index contributed by atoms with van der Waals surface area (Å²) in [6.07, 6.45) is 5.50. The lowest BCUT2D eigenvalue weighted by Crippen LogP contribution is -2.38. The first-order chi connectivity index (χ1) is 19.4. The predicted molar refractivity (Wildman–Crippen MR) is 159 cm³/mol. The second-order valence-electron chi connectivity index (χ2n) is 10.7. The molecule has 1 saturated carbocycles. The molecule has 0 radical (unpaired) electrons. The minimum atomic E-state index is -0.201. The molecular weight excluding hydrogens is 548 g/mol. The Morgan fingerprint density at radius 3 is 2.67 bits per heavy atom. The summed E-state index contributed by atoms with van der Waals surface area (Å²) in [6, 6.07) is 12.7. The number of benzene rings is 2. The fourth-order valence-electron chi connectivity index (χ4n) is 5.45. The zero-order valence-electron chi connectivity index (χ0n) is 22.7. The van der Waals surface area contributed by atoms with Crippen molar-refractivity contribution in [2.45, 2.75) is 63.3 Å². The van der Waals surface area contributed by atoms with Crippen LogP contribution in [0.5, 0.6) is 0 Å². The lowest BCUT2D eigenvalue weighted by molar-refractivity contribution is -0.126. The van der Waals surface area contributed by atoms with Gasteiger partial charge in [-0.3, -0.25) is 19.0 Å². The number of carbonyl (C=O) groups is 2. The Bertz CT molecular complexity index is 1430. The normalized spacial score (nSPS) is 20.9. The molecule has 1 aromatic heterocycles. The van der Waals surface area contributed by atoms with Gasteiger partial charge < -0.3 is 15.4 Å². The summed E-state index contributed by atoms with van der Waals surface area (Å²) < 4.78 is 7.33. The molecule has 1 aliphatic carbocycles. The Morgan fingerprint density at radius 1 is 1.12 bits per heavy atom. The molecule has 8 nitrogen and oxygen atoms in total. The van der Waals surface area contributed by atoms with Gasteiger partial charge in [0.15, 0.2) is 5.16 Å². The Balaban J connectivity index is 1.23. The highest BCUT2D eigenvalue weighted by atomic mass is 35.5. The summed E-state index contributed by atoms with van der Waals surface area (Å²) in [5.74, 6) is 0.264. The van der Waals surface area contributed by atoms with Gasteiger partial charge in [-0.1, -0.05) is 41.6 Å².